The summed E-state index contributed by atoms with van der Waals surface area (Å²) in [7, 11) is 0. The molecule has 0 bridgehead atoms. The van der Waals surface area contributed by atoms with Gasteiger partial charge in [-0.15, -0.1) is 0 Å². The van der Waals surface area contributed by atoms with Crippen molar-refractivity contribution in [3.8, 4) is 0 Å². The zero-order valence-corrected chi connectivity index (χ0v) is 22.2. The highest BCUT2D eigenvalue weighted by atomic mass is 16.7. The van der Waals surface area contributed by atoms with Crippen LogP contribution in [0.25, 0.3) is 0 Å². The van der Waals surface area contributed by atoms with Gasteiger partial charge in [-0.3, -0.25) is 4.79 Å². The lowest BCUT2D eigenvalue weighted by atomic mass is 9.83. The lowest BCUT2D eigenvalue weighted by Crippen LogP contribution is -2.69. The van der Waals surface area contributed by atoms with Crippen molar-refractivity contribution in [1.29, 1.82) is 0 Å². The highest BCUT2D eigenvalue weighted by molar-refractivity contribution is 5.80. The minimum Gasteiger partial charge on any atom is -0.412 e. The topological polar surface area (TPSA) is 363 Å². The van der Waals surface area contributed by atoms with Gasteiger partial charge < -0.3 is 93.5 Å². The number of aliphatic hydroxyl groups is 8. The second-order valence-electron chi connectivity index (χ2n) is 10.3. The molecule has 250 valence electrons. The first-order valence-corrected chi connectivity index (χ1v) is 13.1. The Balaban J connectivity index is 0.00000441. The van der Waals surface area contributed by atoms with E-state index in [0.29, 0.717) is 0 Å². The maximum absolute atomic E-state index is 12.6. The molecule has 42 heavy (non-hydrogen) atoms. The Hall–Kier alpha value is -1.21. The number of rotatable bonds is 10. The molecule has 0 aromatic carbocycles. The van der Waals surface area contributed by atoms with Crippen LogP contribution in [-0.4, -0.2) is 170 Å². The molecule has 3 rings (SSSR count). The second-order valence-corrected chi connectivity index (χ2v) is 10.3. The van der Waals surface area contributed by atoms with Crippen LogP contribution in [-0.2, 0) is 23.7 Å². The Morgan fingerprint density at radius 2 is 1.43 bits per heavy atom. The Morgan fingerprint density at radius 3 is 2.00 bits per heavy atom. The molecule has 19 N–H and O–H groups in total. The van der Waals surface area contributed by atoms with E-state index < -0.39 is 110 Å². The van der Waals surface area contributed by atoms with Crippen LogP contribution in [0.3, 0.4) is 0 Å². The van der Waals surface area contributed by atoms with Crippen molar-refractivity contribution in [2.45, 2.75) is 118 Å². The van der Waals surface area contributed by atoms with Crippen LogP contribution >= 0.6 is 0 Å². The van der Waals surface area contributed by atoms with E-state index in [9.17, 15) is 45.6 Å². The van der Waals surface area contributed by atoms with E-state index in [4.69, 9.17) is 41.9 Å². The number of amides is 1. The minimum absolute atomic E-state index is 0. The zero-order chi connectivity index (χ0) is 29.9. The average molecular weight is 620 g/mol. The molecule has 0 spiro atoms. The van der Waals surface area contributed by atoms with Crippen LogP contribution in [0, 0.1) is 0 Å². The first-order chi connectivity index (χ1) is 18.9. The largest absolute Gasteiger partial charge is 0.412 e. The van der Waals surface area contributed by atoms with Gasteiger partial charge in [0.25, 0.3) is 0 Å². The van der Waals surface area contributed by atoms with Crippen molar-refractivity contribution in [3.63, 3.8) is 0 Å². The first kappa shape index (κ1) is 38.8. The van der Waals surface area contributed by atoms with E-state index in [-0.39, 0.29) is 38.8 Å². The summed E-state index contributed by atoms with van der Waals surface area (Å²) < 4.78 is 22.5. The molecular weight excluding hydrogens is 570 g/mol. The predicted molar refractivity (Wildman–Crippen MR) is 142 cm³/mol. The molecule has 0 unspecified atom stereocenters. The molecule has 2 aliphatic heterocycles. The van der Waals surface area contributed by atoms with E-state index in [1.165, 1.54) is 0 Å². The predicted octanol–water partition coefficient (Wildman–Crippen LogP) is -8.61. The van der Waals surface area contributed by atoms with E-state index >= 15 is 0 Å². The van der Waals surface area contributed by atoms with Gasteiger partial charge in [-0.2, -0.15) is 0 Å². The maximum Gasteiger partial charge on any atom is 0.249 e. The molecule has 19 nitrogen and oxygen atoms in total. The smallest absolute Gasteiger partial charge is 0.249 e. The third kappa shape index (κ3) is 8.28. The Bertz CT molecular complexity index is 818. The monoisotopic (exact) mass is 619 g/mol. The lowest BCUT2D eigenvalue weighted by Gasteiger charge is -2.49. The molecule has 1 amide bonds. The number of carbonyl (C=O) groups excluding carboxylic acids is 1. The molecule has 0 radical (unpaired) electrons. The highest BCUT2D eigenvalue weighted by Crippen LogP contribution is 2.32. The van der Waals surface area contributed by atoms with Crippen LogP contribution in [0.15, 0.2) is 0 Å². The number of hydrogen-bond acceptors (Lipinski definition) is 17. The number of hydrogen-bond donors (Lipinski definition) is 13. The minimum atomic E-state index is -1.76. The van der Waals surface area contributed by atoms with Crippen LogP contribution in [0.5, 0.6) is 0 Å². The van der Waals surface area contributed by atoms with E-state index in [1.54, 1.807) is 0 Å². The van der Waals surface area contributed by atoms with Crippen molar-refractivity contribution >= 4 is 5.91 Å². The average Bonchev–Trinajstić information content (AvgIpc) is 2.92. The van der Waals surface area contributed by atoms with Crippen LogP contribution < -0.4 is 28.3 Å². The molecule has 19 heteroatoms. The number of nitrogens with one attached hydrogen (secondary N) is 1. The van der Waals surface area contributed by atoms with Gasteiger partial charge in [-0.1, -0.05) is 7.43 Å². The van der Waals surface area contributed by atoms with Crippen LogP contribution in [0.1, 0.15) is 20.3 Å². The number of carbonyl (C=O) groups is 1. The third-order valence-corrected chi connectivity index (χ3v) is 7.51. The van der Waals surface area contributed by atoms with Gasteiger partial charge >= 0.3 is 0 Å². The van der Waals surface area contributed by atoms with Gasteiger partial charge in [0.15, 0.2) is 12.6 Å². The van der Waals surface area contributed by atoms with Crippen molar-refractivity contribution in [1.82, 2.24) is 5.32 Å². The van der Waals surface area contributed by atoms with Crippen LogP contribution in [0.4, 0.5) is 0 Å². The van der Waals surface area contributed by atoms with Crippen molar-refractivity contribution in [2.75, 3.05) is 19.7 Å². The SMILES string of the molecule is C.NCC[C@H](O)C(=O)N[C@@H]1C[C@H](N)[C@@H](O[C@H]2O[C@H](CN)[C@@H](O)[C@H](O)[C@H]2O)[C@H](O)[C@H]1O[C@H]1O[C@H](CO)[C@@H](O)[C@H](N)[C@H]1O.O. The van der Waals surface area contributed by atoms with Gasteiger partial charge in [0, 0.05) is 12.6 Å². The van der Waals surface area contributed by atoms with Gasteiger partial charge in [0.05, 0.1) is 18.7 Å². The molecular formula is C23H49N5O14. The van der Waals surface area contributed by atoms with Crippen LogP contribution in [0.2, 0.25) is 0 Å². The standard InChI is InChI=1S/C22H43N5O13.CH4.H2O/c23-2-1-8(29)20(36)27-7-3-6(25)18(39-22-16(34)15(33)13(31)9(4-24)37-22)17(35)19(7)40-21-14(32)11(26)12(30)10(5-28)38-21;;/h6-19,21-22,28-35H,1-5,23-26H2,(H,27,36);1H4;1H2/t6-,7+,8-,9+,10+,11-,12+,13+,14+,15-,16+,17-,18+,19-,21+,22+;;/m0../s1. The maximum atomic E-state index is 12.6. The molecule has 0 aromatic heterocycles. The van der Waals surface area contributed by atoms with Gasteiger partial charge in [0.1, 0.15) is 67.1 Å². The third-order valence-electron chi connectivity index (χ3n) is 7.51. The van der Waals surface area contributed by atoms with Crippen molar-refractivity contribution in [2.24, 2.45) is 22.9 Å². The summed E-state index contributed by atoms with van der Waals surface area (Å²) >= 11 is 0. The quantitative estimate of drug-likeness (QED) is 0.108. The lowest BCUT2D eigenvalue weighted by molar-refractivity contribution is -0.332. The van der Waals surface area contributed by atoms with E-state index in [0.717, 1.165) is 0 Å². The Labute approximate surface area is 242 Å². The summed E-state index contributed by atoms with van der Waals surface area (Å²) in [4.78, 5) is 12.6. The summed E-state index contributed by atoms with van der Waals surface area (Å²) in [5, 5.41) is 84.9. The van der Waals surface area contributed by atoms with Crippen molar-refractivity contribution < 1.29 is 70.1 Å². The normalized spacial score (nSPS) is 44.8. The molecule has 2 heterocycles. The first-order valence-electron chi connectivity index (χ1n) is 13.1. The molecule has 1 aliphatic carbocycles. The zero-order valence-electron chi connectivity index (χ0n) is 22.2. The molecule has 1 saturated carbocycles. The fourth-order valence-electron chi connectivity index (χ4n) is 5.07. The van der Waals surface area contributed by atoms with E-state index in [2.05, 4.69) is 5.32 Å². The summed E-state index contributed by atoms with van der Waals surface area (Å²) in [5.41, 5.74) is 23.1. The van der Waals surface area contributed by atoms with Gasteiger partial charge in [-0.05, 0) is 19.4 Å². The molecule has 3 fully saturated rings. The Morgan fingerprint density at radius 1 is 0.857 bits per heavy atom. The van der Waals surface area contributed by atoms with E-state index in [1.807, 2.05) is 0 Å². The van der Waals surface area contributed by atoms with Crippen molar-refractivity contribution in [3.05, 3.63) is 0 Å². The summed E-state index contributed by atoms with van der Waals surface area (Å²) in [6.45, 7) is -0.898. The number of ether oxygens (including phenoxy) is 4. The van der Waals surface area contributed by atoms with Gasteiger partial charge in [0.2, 0.25) is 5.91 Å². The second kappa shape index (κ2) is 16.7. The molecule has 0 aromatic rings. The number of nitrogens with two attached hydrogens (primary N) is 4. The number of aliphatic hydroxyl groups excluding tert-OH is 8. The fraction of sp³-hybridized carbons (Fsp3) is 0.957. The summed E-state index contributed by atoms with van der Waals surface area (Å²) in [5.74, 6) is -0.845. The molecule has 16 atom stereocenters. The summed E-state index contributed by atoms with van der Waals surface area (Å²) in [6.07, 6.45) is -19.8. The summed E-state index contributed by atoms with van der Waals surface area (Å²) in [6, 6.07) is -3.45. The Kier molecular flexibility index (Phi) is 15.5. The highest BCUT2D eigenvalue weighted by Gasteiger charge is 2.52. The molecule has 3 aliphatic rings. The van der Waals surface area contributed by atoms with Gasteiger partial charge in [-0.25, -0.2) is 0 Å². The fourth-order valence-corrected chi connectivity index (χ4v) is 5.07. The molecule has 2 saturated heterocycles.